The molecule has 0 spiro atoms. The molecule has 0 unspecified atom stereocenters. The lowest BCUT2D eigenvalue weighted by molar-refractivity contribution is 0.384. The summed E-state index contributed by atoms with van der Waals surface area (Å²) in [4.78, 5) is 2.76. The van der Waals surface area contributed by atoms with E-state index in [1.165, 1.54) is 4.31 Å². The third kappa shape index (κ3) is 4.09. The highest BCUT2D eigenvalue weighted by Gasteiger charge is 2.29. The van der Waals surface area contributed by atoms with Crippen molar-refractivity contribution >= 4 is 25.5 Å². The molecule has 28 heavy (non-hydrogen) atoms. The van der Waals surface area contributed by atoms with Crippen molar-refractivity contribution in [2.75, 3.05) is 36.8 Å². The molecule has 8 heteroatoms. The van der Waals surface area contributed by atoms with Gasteiger partial charge < -0.3 is 4.90 Å². The van der Waals surface area contributed by atoms with Crippen LogP contribution >= 0.6 is 0 Å². The molecule has 152 valence electrons. The molecule has 1 saturated heterocycles. The topological polar surface area (TPSA) is 74.8 Å². The highest BCUT2D eigenvalue weighted by molar-refractivity contribution is 7.91. The monoisotopic (exact) mass is 422 g/mol. The molecule has 0 bridgehead atoms. The van der Waals surface area contributed by atoms with Gasteiger partial charge in [-0.2, -0.15) is 4.31 Å². The van der Waals surface area contributed by atoms with Crippen molar-refractivity contribution in [2.24, 2.45) is 0 Å². The highest BCUT2D eigenvalue weighted by atomic mass is 32.2. The van der Waals surface area contributed by atoms with Crippen molar-refractivity contribution in [1.29, 1.82) is 0 Å². The van der Waals surface area contributed by atoms with Crippen LogP contribution in [0.3, 0.4) is 0 Å². The van der Waals surface area contributed by atoms with Gasteiger partial charge in [-0.15, -0.1) is 0 Å². The summed E-state index contributed by atoms with van der Waals surface area (Å²) in [6, 6.07) is 12.2. The number of benzene rings is 2. The van der Waals surface area contributed by atoms with Crippen molar-refractivity contribution in [3.63, 3.8) is 0 Å². The van der Waals surface area contributed by atoms with Gasteiger partial charge >= 0.3 is 0 Å². The number of sulfonamides is 1. The quantitative estimate of drug-likeness (QED) is 0.740. The molecule has 0 N–H and O–H groups in total. The summed E-state index contributed by atoms with van der Waals surface area (Å²) in [6.45, 7) is 7.29. The average molecular weight is 423 g/mol. The van der Waals surface area contributed by atoms with Crippen molar-refractivity contribution in [2.45, 2.75) is 30.6 Å². The predicted molar refractivity (Wildman–Crippen MR) is 111 cm³/mol. The van der Waals surface area contributed by atoms with Crippen LogP contribution in [0.4, 0.5) is 5.69 Å². The van der Waals surface area contributed by atoms with Gasteiger partial charge in [0.2, 0.25) is 10.0 Å². The van der Waals surface area contributed by atoms with Crippen LogP contribution in [0.1, 0.15) is 18.1 Å². The van der Waals surface area contributed by atoms with E-state index in [0.29, 0.717) is 36.0 Å². The van der Waals surface area contributed by atoms with E-state index in [4.69, 9.17) is 0 Å². The van der Waals surface area contributed by atoms with Crippen LogP contribution in [0.5, 0.6) is 0 Å². The minimum atomic E-state index is -3.52. The highest BCUT2D eigenvalue weighted by Crippen LogP contribution is 2.25. The zero-order chi connectivity index (χ0) is 20.5. The van der Waals surface area contributed by atoms with Gasteiger partial charge in [0.05, 0.1) is 15.5 Å². The summed E-state index contributed by atoms with van der Waals surface area (Å²) in [6.07, 6.45) is 0. The number of hydrogen-bond acceptors (Lipinski definition) is 5. The molecule has 1 heterocycles. The van der Waals surface area contributed by atoms with Crippen LogP contribution in [0.15, 0.2) is 52.3 Å². The van der Waals surface area contributed by atoms with E-state index in [9.17, 15) is 16.8 Å². The Labute approximate surface area is 167 Å². The van der Waals surface area contributed by atoms with E-state index >= 15 is 0 Å². The summed E-state index contributed by atoms with van der Waals surface area (Å²) >= 11 is 0. The lowest BCUT2D eigenvalue weighted by atomic mass is 10.2. The summed E-state index contributed by atoms with van der Waals surface area (Å²) in [7, 11) is -6.73. The Morgan fingerprint density at radius 2 is 1.46 bits per heavy atom. The number of aryl methyl sites for hydroxylation is 2. The number of sulfone groups is 1. The van der Waals surface area contributed by atoms with E-state index < -0.39 is 19.9 Å². The van der Waals surface area contributed by atoms with E-state index in [1.807, 2.05) is 26.0 Å². The molecule has 2 aromatic rings. The van der Waals surface area contributed by atoms with E-state index in [1.54, 1.807) is 37.3 Å². The summed E-state index contributed by atoms with van der Waals surface area (Å²) in [5, 5.41) is 0. The Hall–Kier alpha value is -1.90. The van der Waals surface area contributed by atoms with Gasteiger partial charge in [0.15, 0.2) is 9.84 Å². The fraction of sp³-hybridized carbons (Fsp3) is 0.400. The Morgan fingerprint density at radius 1 is 0.857 bits per heavy atom. The van der Waals surface area contributed by atoms with Gasteiger partial charge in [-0.3, -0.25) is 0 Å². The zero-order valence-corrected chi connectivity index (χ0v) is 18.1. The van der Waals surface area contributed by atoms with Gasteiger partial charge in [0, 0.05) is 31.9 Å². The molecule has 0 saturated carbocycles. The van der Waals surface area contributed by atoms with E-state index in [0.717, 1.165) is 16.8 Å². The minimum absolute atomic E-state index is 0.0707. The second-order valence-electron chi connectivity index (χ2n) is 7.06. The molecule has 3 rings (SSSR count). The van der Waals surface area contributed by atoms with Gasteiger partial charge in [-0.05, 0) is 49.7 Å². The van der Waals surface area contributed by atoms with Crippen LogP contribution in [0.25, 0.3) is 0 Å². The largest absolute Gasteiger partial charge is 0.369 e. The van der Waals surface area contributed by atoms with Crippen molar-refractivity contribution in [3.05, 3.63) is 53.6 Å². The normalized spacial score (nSPS) is 16.3. The first kappa shape index (κ1) is 20.8. The summed E-state index contributed by atoms with van der Waals surface area (Å²) < 4.78 is 51.4. The molecular formula is C20H26N2O4S2. The number of piperazine rings is 1. The maximum atomic E-state index is 13.0. The Morgan fingerprint density at radius 3 is 2.00 bits per heavy atom. The molecule has 0 aliphatic carbocycles. The van der Waals surface area contributed by atoms with Gasteiger partial charge in [-0.25, -0.2) is 16.8 Å². The molecule has 2 aromatic carbocycles. The molecule has 0 aromatic heterocycles. The zero-order valence-electron chi connectivity index (χ0n) is 16.4. The lowest BCUT2D eigenvalue weighted by Crippen LogP contribution is -2.48. The molecule has 0 atom stereocenters. The van der Waals surface area contributed by atoms with Crippen molar-refractivity contribution in [1.82, 2.24) is 4.31 Å². The first-order valence-corrected chi connectivity index (χ1v) is 12.4. The Bertz CT molecular complexity index is 1050. The lowest BCUT2D eigenvalue weighted by Gasteiger charge is -2.35. The van der Waals surface area contributed by atoms with Crippen LogP contribution in [-0.2, 0) is 19.9 Å². The third-order valence-electron chi connectivity index (χ3n) is 5.13. The number of hydrogen-bond donors (Lipinski definition) is 0. The molecule has 1 fully saturated rings. The molecule has 6 nitrogen and oxygen atoms in total. The van der Waals surface area contributed by atoms with E-state index in [2.05, 4.69) is 4.90 Å². The Balaban J connectivity index is 1.72. The number of anilines is 1. The SMILES string of the molecule is CCS(=O)(=O)c1ccc(N2CCN(S(=O)(=O)c3ccc(C)cc3C)CC2)cc1. The van der Waals surface area contributed by atoms with Crippen molar-refractivity contribution < 1.29 is 16.8 Å². The molecule has 0 amide bonds. The van der Waals surface area contributed by atoms with Crippen LogP contribution in [-0.4, -0.2) is 53.1 Å². The first-order valence-electron chi connectivity index (χ1n) is 9.30. The Kier molecular flexibility index (Phi) is 5.84. The van der Waals surface area contributed by atoms with Crippen LogP contribution in [0.2, 0.25) is 0 Å². The van der Waals surface area contributed by atoms with E-state index in [-0.39, 0.29) is 5.75 Å². The predicted octanol–water partition coefficient (Wildman–Crippen LogP) is 2.61. The average Bonchev–Trinajstić information content (AvgIpc) is 2.68. The third-order valence-corrected chi connectivity index (χ3v) is 8.94. The van der Waals surface area contributed by atoms with Crippen LogP contribution < -0.4 is 4.90 Å². The number of rotatable bonds is 5. The second kappa shape index (κ2) is 7.85. The molecule has 1 aliphatic heterocycles. The molecule has 0 radical (unpaired) electrons. The summed E-state index contributed by atoms with van der Waals surface area (Å²) in [5.41, 5.74) is 2.70. The van der Waals surface area contributed by atoms with Gasteiger partial charge in [-0.1, -0.05) is 24.6 Å². The van der Waals surface area contributed by atoms with Crippen LogP contribution in [0, 0.1) is 13.8 Å². The second-order valence-corrected chi connectivity index (χ2v) is 11.2. The minimum Gasteiger partial charge on any atom is -0.369 e. The summed E-state index contributed by atoms with van der Waals surface area (Å²) in [5.74, 6) is 0.0707. The fourth-order valence-electron chi connectivity index (χ4n) is 3.45. The molecular weight excluding hydrogens is 396 g/mol. The smallest absolute Gasteiger partial charge is 0.243 e. The molecule has 1 aliphatic rings. The first-order chi connectivity index (χ1) is 13.1. The van der Waals surface area contributed by atoms with Crippen molar-refractivity contribution in [3.8, 4) is 0 Å². The standard InChI is InChI=1S/C20H26N2O4S2/c1-4-27(23,24)19-8-6-18(7-9-19)21-11-13-22(14-12-21)28(25,26)20-10-5-16(2)15-17(20)3/h5-10,15H,4,11-14H2,1-3H3. The maximum absolute atomic E-state index is 13.0. The van der Waals surface area contributed by atoms with Gasteiger partial charge in [0.25, 0.3) is 0 Å². The number of nitrogens with zero attached hydrogens (tertiary/aromatic N) is 2. The maximum Gasteiger partial charge on any atom is 0.243 e. The fourth-order valence-corrected chi connectivity index (χ4v) is 5.96. The van der Waals surface area contributed by atoms with Gasteiger partial charge in [0.1, 0.15) is 0 Å².